The lowest BCUT2D eigenvalue weighted by Crippen LogP contribution is -2.66. The van der Waals surface area contributed by atoms with Crippen LogP contribution in [0.15, 0.2) is 30.6 Å². The van der Waals surface area contributed by atoms with E-state index in [4.69, 9.17) is 5.11 Å². The Morgan fingerprint density at radius 3 is 2.62 bits per heavy atom. The molecule has 3 heterocycles. The number of likely N-dealkylation sites (tertiary alicyclic amines) is 1. The number of carboxylic acid groups (broad SMARTS) is 1. The Labute approximate surface area is 193 Å². The number of nitrogens with zero attached hydrogens (tertiary/aromatic N) is 3. The van der Waals surface area contributed by atoms with Gasteiger partial charge in [-0.15, -0.1) is 0 Å². The van der Waals surface area contributed by atoms with Crippen molar-refractivity contribution in [2.75, 3.05) is 31.7 Å². The molecule has 1 aromatic carbocycles. The third-order valence-electron chi connectivity index (χ3n) is 6.64. The molecule has 1 aliphatic carbocycles. The van der Waals surface area contributed by atoms with Crippen molar-refractivity contribution in [2.45, 2.75) is 25.1 Å². The Morgan fingerprint density at radius 2 is 2.00 bits per heavy atom. The highest BCUT2D eigenvalue weighted by Crippen LogP contribution is 2.49. The number of H-pyrrole nitrogens is 1. The first-order valence-corrected chi connectivity index (χ1v) is 13.3. The van der Waals surface area contributed by atoms with Crippen molar-refractivity contribution in [1.82, 2.24) is 19.9 Å². The Bertz CT molecular complexity index is 1340. The predicted octanol–water partition coefficient (Wildman–Crippen LogP) is 4.45. The Morgan fingerprint density at radius 1 is 1.29 bits per heavy atom. The van der Waals surface area contributed by atoms with E-state index in [9.17, 15) is 22.5 Å². The van der Waals surface area contributed by atoms with Crippen LogP contribution in [0.5, 0.6) is 0 Å². The average Bonchev–Trinajstić information content (AvgIpc) is 3.10. The minimum atomic E-state index is -4.66. The van der Waals surface area contributed by atoms with Gasteiger partial charge in [0.05, 0.1) is 11.2 Å². The quantitative estimate of drug-likeness (QED) is 0.464. The number of aromatic amines is 1. The van der Waals surface area contributed by atoms with Gasteiger partial charge in [0.1, 0.15) is 12.7 Å². The molecule has 3 N–H and O–H groups in total. The fourth-order valence-electron chi connectivity index (χ4n) is 5.07. The summed E-state index contributed by atoms with van der Waals surface area (Å²) >= 11 is 0. The molecular weight excluding hydrogens is 470 g/mol. The van der Waals surface area contributed by atoms with Gasteiger partial charge in [0.25, 0.3) is 0 Å². The first-order valence-electron chi connectivity index (χ1n) is 10.7. The number of anilines is 1. The highest BCUT2D eigenvalue weighted by atomic mass is 31.2. The zero-order chi connectivity index (χ0) is 24.5. The minimum Gasteiger partial charge on any atom is -0.465 e. The Balaban J connectivity index is 1.46. The molecule has 180 valence electrons. The van der Waals surface area contributed by atoms with Gasteiger partial charge in [0.2, 0.25) is 5.95 Å². The number of nitrogens with one attached hydrogen (secondary N) is 2. The zero-order valence-electron chi connectivity index (χ0n) is 18.5. The third kappa shape index (κ3) is 3.81. The van der Waals surface area contributed by atoms with Crippen LogP contribution in [0.25, 0.3) is 22.2 Å². The summed E-state index contributed by atoms with van der Waals surface area (Å²) in [5.74, 6) is 0.0828. The van der Waals surface area contributed by atoms with Gasteiger partial charge in [-0.2, -0.15) is 13.2 Å². The number of fused-ring (bicyclic) bond motifs is 1. The van der Waals surface area contributed by atoms with Crippen LogP contribution >= 0.6 is 7.14 Å². The summed E-state index contributed by atoms with van der Waals surface area (Å²) in [6.45, 7) is 4.16. The summed E-state index contributed by atoms with van der Waals surface area (Å²) in [5.41, 5.74) is -0.496. The largest absolute Gasteiger partial charge is 0.465 e. The fourth-order valence-corrected chi connectivity index (χ4v) is 6.24. The molecule has 0 radical (unpaired) electrons. The van der Waals surface area contributed by atoms with E-state index in [1.807, 2.05) is 0 Å². The number of para-hydroxylation sites is 1. The molecule has 1 spiro atoms. The smallest absolute Gasteiger partial charge is 0.419 e. The van der Waals surface area contributed by atoms with Crippen molar-refractivity contribution in [3.05, 3.63) is 36.2 Å². The molecule has 2 aliphatic rings. The molecule has 0 unspecified atom stereocenters. The minimum absolute atomic E-state index is 0.0406. The lowest BCUT2D eigenvalue weighted by molar-refractivity contribution is -0.137. The van der Waals surface area contributed by atoms with Gasteiger partial charge in [0.15, 0.2) is 0 Å². The van der Waals surface area contributed by atoms with E-state index in [0.29, 0.717) is 42.1 Å². The molecule has 1 amide bonds. The Kier molecular flexibility index (Phi) is 4.99. The van der Waals surface area contributed by atoms with E-state index >= 15 is 0 Å². The second kappa shape index (κ2) is 7.46. The molecular formula is C22H23F3N5O3P. The third-order valence-corrected chi connectivity index (χ3v) is 8.17. The molecule has 1 saturated heterocycles. The number of rotatable bonds is 4. The van der Waals surface area contributed by atoms with Crippen LogP contribution < -0.4 is 10.6 Å². The maximum Gasteiger partial charge on any atom is 0.419 e. The molecule has 3 aromatic rings. The normalized spacial score (nSPS) is 18.1. The van der Waals surface area contributed by atoms with Gasteiger partial charge >= 0.3 is 12.3 Å². The molecule has 1 aliphatic heterocycles. The van der Waals surface area contributed by atoms with Crippen LogP contribution in [0, 0.1) is 5.41 Å². The highest BCUT2D eigenvalue weighted by molar-refractivity contribution is 7.70. The second-order valence-electron chi connectivity index (χ2n) is 9.59. The number of aromatic nitrogens is 3. The molecule has 0 bridgehead atoms. The molecule has 1 saturated carbocycles. The van der Waals surface area contributed by atoms with Gasteiger partial charge < -0.3 is 24.9 Å². The monoisotopic (exact) mass is 493 g/mol. The van der Waals surface area contributed by atoms with Crippen LogP contribution in [0.1, 0.15) is 18.4 Å². The lowest BCUT2D eigenvalue weighted by atomic mass is 9.61. The van der Waals surface area contributed by atoms with Crippen LogP contribution in [-0.2, 0) is 10.7 Å². The highest BCUT2D eigenvalue weighted by Gasteiger charge is 2.54. The van der Waals surface area contributed by atoms with Crippen LogP contribution in [0.3, 0.4) is 0 Å². The number of amides is 1. The van der Waals surface area contributed by atoms with E-state index in [1.54, 1.807) is 31.5 Å². The van der Waals surface area contributed by atoms with Crippen LogP contribution in [-0.4, -0.2) is 63.5 Å². The molecule has 34 heavy (non-hydrogen) atoms. The molecule has 0 atom stereocenters. The van der Waals surface area contributed by atoms with Crippen LogP contribution in [0.2, 0.25) is 0 Å². The summed E-state index contributed by atoms with van der Waals surface area (Å²) < 4.78 is 54.2. The number of hydrogen-bond donors (Lipinski definition) is 3. The number of hydrogen-bond acceptors (Lipinski definition) is 5. The molecule has 8 nitrogen and oxygen atoms in total. The number of carbonyl (C=O) groups is 1. The zero-order valence-corrected chi connectivity index (χ0v) is 19.4. The summed E-state index contributed by atoms with van der Waals surface area (Å²) in [5, 5.41) is 13.2. The topological polar surface area (TPSA) is 111 Å². The van der Waals surface area contributed by atoms with Gasteiger partial charge in [-0.05, 0) is 32.2 Å². The standard InChI is InChI=1S/C22H23F3N5O3P/c1-34(2,33)16-5-3-4-13-14(8-26-18(13)16)17-15(22(23,24)25)9-27-19(29-17)28-12-6-21(7-12)10-30(11-21)20(31)32/h3-5,8-9,12,26H,6-7,10-11H2,1-2H3,(H,31,32)(H,27,28,29). The van der Waals surface area contributed by atoms with E-state index in [-0.39, 0.29) is 28.7 Å². The molecule has 12 heteroatoms. The lowest BCUT2D eigenvalue weighted by Gasteiger charge is -2.58. The molecule has 5 rings (SSSR count). The number of benzene rings is 1. The van der Waals surface area contributed by atoms with Gasteiger partial charge in [-0.1, -0.05) is 12.1 Å². The number of alkyl halides is 3. The summed E-state index contributed by atoms with van der Waals surface area (Å²) in [7, 11) is -2.67. The van der Waals surface area contributed by atoms with Gasteiger partial charge in [0, 0.05) is 53.2 Å². The van der Waals surface area contributed by atoms with Crippen molar-refractivity contribution >= 4 is 35.4 Å². The molecule has 2 fully saturated rings. The van der Waals surface area contributed by atoms with E-state index in [2.05, 4.69) is 20.3 Å². The van der Waals surface area contributed by atoms with Crippen molar-refractivity contribution in [2.24, 2.45) is 5.41 Å². The SMILES string of the molecule is CP(C)(=O)c1cccc2c(-c3nc(NC4CC5(C4)CN(C(=O)O)C5)ncc3C(F)(F)F)c[nH]c12. The maximum absolute atomic E-state index is 13.8. The fraction of sp³-hybridized carbons (Fsp3) is 0.409. The maximum atomic E-state index is 13.8. The summed E-state index contributed by atoms with van der Waals surface area (Å²) in [6.07, 6.45) is -1.96. The van der Waals surface area contributed by atoms with E-state index < -0.39 is 25.0 Å². The Hall–Kier alpha value is -3.07. The number of halogens is 3. The van der Waals surface area contributed by atoms with Gasteiger partial charge in [-0.3, -0.25) is 0 Å². The van der Waals surface area contributed by atoms with Crippen molar-refractivity contribution < 1.29 is 27.6 Å². The first kappa shape index (κ1) is 22.7. The van der Waals surface area contributed by atoms with E-state index in [0.717, 1.165) is 6.20 Å². The van der Waals surface area contributed by atoms with E-state index in [1.165, 1.54) is 11.1 Å². The van der Waals surface area contributed by atoms with Crippen molar-refractivity contribution in [3.63, 3.8) is 0 Å². The first-order chi connectivity index (χ1) is 15.9. The van der Waals surface area contributed by atoms with Gasteiger partial charge in [-0.25, -0.2) is 14.8 Å². The second-order valence-corrected chi connectivity index (χ2v) is 12.8. The van der Waals surface area contributed by atoms with Crippen molar-refractivity contribution in [1.29, 1.82) is 0 Å². The van der Waals surface area contributed by atoms with Crippen LogP contribution in [0.4, 0.5) is 23.9 Å². The molecule has 2 aromatic heterocycles. The predicted molar refractivity (Wildman–Crippen MR) is 122 cm³/mol. The average molecular weight is 493 g/mol. The van der Waals surface area contributed by atoms with Crippen molar-refractivity contribution in [3.8, 4) is 11.3 Å². The summed E-state index contributed by atoms with van der Waals surface area (Å²) in [4.78, 5) is 23.5. The summed E-state index contributed by atoms with van der Waals surface area (Å²) in [6, 6.07) is 5.02.